The van der Waals surface area contributed by atoms with E-state index in [9.17, 15) is 5.11 Å². The SMILES string of the molecule is CC(C)C(CO)c1nccc(C2CCN(C)CC2)n1. The first kappa shape index (κ1) is 14.4. The Hall–Kier alpha value is -1.00. The lowest BCUT2D eigenvalue weighted by atomic mass is 9.92. The number of piperidine rings is 1. The molecule has 19 heavy (non-hydrogen) atoms. The van der Waals surface area contributed by atoms with Crippen molar-refractivity contribution in [2.24, 2.45) is 5.92 Å². The highest BCUT2D eigenvalue weighted by Gasteiger charge is 2.22. The van der Waals surface area contributed by atoms with Crippen LogP contribution in [0.25, 0.3) is 0 Å². The molecule has 0 aliphatic carbocycles. The fourth-order valence-electron chi connectivity index (χ4n) is 2.69. The van der Waals surface area contributed by atoms with E-state index < -0.39 is 0 Å². The molecular weight excluding hydrogens is 238 g/mol. The summed E-state index contributed by atoms with van der Waals surface area (Å²) in [4.78, 5) is 11.4. The average molecular weight is 263 g/mol. The highest BCUT2D eigenvalue weighted by molar-refractivity contribution is 5.12. The van der Waals surface area contributed by atoms with Crippen LogP contribution in [0, 0.1) is 5.92 Å². The summed E-state index contributed by atoms with van der Waals surface area (Å²) in [6.07, 6.45) is 4.18. The maximum Gasteiger partial charge on any atom is 0.134 e. The third kappa shape index (κ3) is 3.51. The third-order valence-corrected chi connectivity index (χ3v) is 4.17. The maximum atomic E-state index is 9.50. The van der Waals surface area contributed by atoms with E-state index in [4.69, 9.17) is 4.98 Å². The molecule has 0 spiro atoms. The van der Waals surface area contributed by atoms with Crippen LogP contribution >= 0.6 is 0 Å². The van der Waals surface area contributed by atoms with Crippen LogP contribution in [-0.2, 0) is 0 Å². The van der Waals surface area contributed by atoms with Crippen molar-refractivity contribution in [1.82, 2.24) is 14.9 Å². The molecule has 1 atom stereocenters. The third-order valence-electron chi connectivity index (χ3n) is 4.17. The summed E-state index contributed by atoms with van der Waals surface area (Å²) in [5, 5.41) is 9.50. The topological polar surface area (TPSA) is 49.3 Å². The first-order valence-corrected chi connectivity index (χ1v) is 7.24. The van der Waals surface area contributed by atoms with Crippen LogP contribution in [0.15, 0.2) is 12.3 Å². The van der Waals surface area contributed by atoms with Crippen molar-refractivity contribution in [3.05, 3.63) is 23.8 Å². The summed E-state index contributed by atoms with van der Waals surface area (Å²) in [5.41, 5.74) is 1.15. The van der Waals surface area contributed by atoms with Crippen molar-refractivity contribution in [2.75, 3.05) is 26.7 Å². The number of likely N-dealkylation sites (tertiary alicyclic amines) is 1. The lowest BCUT2D eigenvalue weighted by Crippen LogP contribution is -2.29. The molecule has 0 radical (unpaired) electrons. The van der Waals surface area contributed by atoms with Crippen molar-refractivity contribution in [3.63, 3.8) is 0 Å². The van der Waals surface area contributed by atoms with E-state index in [0.717, 1.165) is 24.6 Å². The zero-order valence-corrected chi connectivity index (χ0v) is 12.2. The van der Waals surface area contributed by atoms with Gasteiger partial charge in [-0.25, -0.2) is 9.97 Å². The summed E-state index contributed by atoms with van der Waals surface area (Å²) in [6.45, 7) is 6.60. The van der Waals surface area contributed by atoms with E-state index in [1.54, 1.807) is 0 Å². The molecule has 1 fully saturated rings. The van der Waals surface area contributed by atoms with Crippen LogP contribution in [0.1, 0.15) is 50.0 Å². The molecule has 0 amide bonds. The van der Waals surface area contributed by atoms with Crippen LogP contribution in [0.4, 0.5) is 0 Å². The largest absolute Gasteiger partial charge is 0.396 e. The van der Waals surface area contributed by atoms with Gasteiger partial charge in [-0.1, -0.05) is 13.8 Å². The highest BCUT2D eigenvalue weighted by Crippen LogP contribution is 2.27. The standard InChI is InChI=1S/C15H25N3O/c1-11(2)13(10-19)15-16-7-4-14(17-15)12-5-8-18(3)9-6-12/h4,7,11-13,19H,5-6,8-10H2,1-3H3. The molecular formula is C15H25N3O. The second-order valence-electron chi connectivity index (χ2n) is 5.95. The molecule has 1 aliphatic heterocycles. The van der Waals surface area contributed by atoms with Gasteiger partial charge < -0.3 is 10.0 Å². The van der Waals surface area contributed by atoms with Gasteiger partial charge in [0.05, 0.1) is 6.61 Å². The first-order valence-electron chi connectivity index (χ1n) is 7.24. The Morgan fingerprint density at radius 1 is 1.37 bits per heavy atom. The Morgan fingerprint density at radius 3 is 2.63 bits per heavy atom. The number of hydrogen-bond acceptors (Lipinski definition) is 4. The summed E-state index contributed by atoms with van der Waals surface area (Å²) in [7, 11) is 2.17. The minimum atomic E-state index is 0.0474. The molecule has 1 aromatic heterocycles. The van der Waals surface area contributed by atoms with Crippen molar-refractivity contribution in [1.29, 1.82) is 0 Å². The molecule has 1 aromatic rings. The molecule has 0 bridgehead atoms. The number of aromatic nitrogens is 2. The normalized spacial score (nSPS) is 19.8. The summed E-state index contributed by atoms with van der Waals surface area (Å²) in [5.74, 6) is 1.75. The Morgan fingerprint density at radius 2 is 2.05 bits per heavy atom. The first-order chi connectivity index (χ1) is 9.11. The van der Waals surface area contributed by atoms with Gasteiger partial charge in [-0.15, -0.1) is 0 Å². The second-order valence-corrected chi connectivity index (χ2v) is 5.95. The number of aliphatic hydroxyl groups excluding tert-OH is 1. The molecule has 2 heterocycles. The van der Waals surface area contributed by atoms with Gasteiger partial charge in [-0.05, 0) is 45.0 Å². The zero-order chi connectivity index (χ0) is 13.8. The number of aliphatic hydroxyl groups is 1. The van der Waals surface area contributed by atoms with Crippen molar-refractivity contribution >= 4 is 0 Å². The van der Waals surface area contributed by atoms with Gasteiger partial charge >= 0.3 is 0 Å². The molecule has 1 unspecified atom stereocenters. The minimum Gasteiger partial charge on any atom is -0.396 e. The predicted molar refractivity (Wildman–Crippen MR) is 76.2 cm³/mol. The molecule has 1 saturated heterocycles. The molecule has 4 heteroatoms. The van der Waals surface area contributed by atoms with E-state index in [1.807, 2.05) is 12.3 Å². The zero-order valence-electron chi connectivity index (χ0n) is 12.2. The second kappa shape index (κ2) is 6.44. The fourth-order valence-corrected chi connectivity index (χ4v) is 2.69. The molecule has 0 saturated carbocycles. The molecule has 2 rings (SSSR count). The monoisotopic (exact) mass is 263 g/mol. The van der Waals surface area contributed by atoms with Gasteiger partial charge in [0.15, 0.2) is 0 Å². The Kier molecular flexibility index (Phi) is 4.88. The van der Waals surface area contributed by atoms with Crippen LogP contribution in [0.3, 0.4) is 0 Å². The van der Waals surface area contributed by atoms with Crippen molar-refractivity contribution < 1.29 is 5.11 Å². The van der Waals surface area contributed by atoms with E-state index in [-0.39, 0.29) is 12.5 Å². The predicted octanol–water partition coefficient (Wildman–Crippen LogP) is 2.02. The van der Waals surface area contributed by atoms with Gasteiger partial charge in [-0.3, -0.25) is 0 Å². The fraction of sp³-hybridized carbons (Fsp3) is 0.733. The van der Waals surface area contributed by atoms with Gasteiger partial charge in [0.25, 0.3) is 0 Å². The lowest BCUT2D eigenvalue weighted by Gasteiger charge is -2.29. The summed E-state index contributed by atoms with van der Waals surface area (Å²) >= 11 is 0. The smallest absolute Gasteiger partial charge is 0.134 e. The van der Waals surface area contributed by atoms with Crippen molar-refractivity contribution in [2.45, 2.75) is 38.5 Å². The van der Waals surface area contributed by atoms with Crippen LogP contribution < -0.4 is 0 Å². The van der Waals surface area contributed by atoms with Crippen LogP contribution in [0.5, 0.6) is 0 Å². The average Bonchev–Trinajstić information content (AvgIpc) is 2.40. The van der Waals surface area contributed by atoms with Crippen molar-refractivity contribution in [3.8, 4) is 0 Å². The number of nitrogens with zero attached hydrogens (tertiary/aromatic N) is 3. The highest BCUT2D eigenvalue weighted by atomic mass is 16.3. The van der Waals surface area contributed by atoms with Gasteiger partial charge in [0, 0.05) is 23.7 Å². The molecule has 1 aliphatic rings. The van der Waals surface area contributed by atoms with E-state index in [0.29, 0.717) is 11.8 Å². The molecule has 4 nitrogen and oxygen atoms in total. The lowest BCUT2D eigenvalue weighted by molar-refractivity contribution is 0.230. The van der Waals surface area contributed by atoms with Crippen LogP contribution in [0.2, 0.25) is 0 Å². The molecule has 106 valence electrons. The van der Waals surface area contributed by atoms with Gasteiger partial charge in [0.2, 0.25) is 0 Å². The Balaban J connectivity index is 2.14. The Bertz CT molecular complexity index is 400. The molecule has 0 aromatic carbocycles. The summed E-state index contributed by atoms with van der Waals surface area (Å²) in [6, 6.07) is 2.04. The van der Waals surface area contributed by atoms with Crippen LogP contribution in [-0.4, -0.2) is 46.7 Å². The Labute approximate surface area is 115 Å². The van der Waals surface area contributed by atoms with Gasteiger partial charge in [0.1, 0.15) is 5.82 Å². The van der Waals surface area contributed by atoms with E-state index >= 15 is 0 Å². The van der Waals surface area contributed by atoms with E-state index in [1.165, 1.54) is 12.8 Å². The van der Waals surface area contributed by atoms with E-state index in [2.05, 4.69) is 30.8 Å². The maximum absolute atomic E-state index is 9.50. The van der Waals surface area contributed by atoms with Gasteiger partial charge in [-0.2, -0.15) is 0 Å². The minimum absolute atomic E-state index is 0.0474. The number of hydrogen-bond donors (Lipinski definition) is 1. The quantitative estimate of drug-likeness (QED) is 0.903. The summed E-state index contributed by atoms with van der Waals surface area (Å²) < 4.78 is 0. The number of rotatable bonds is 4. The molecule has 1 N–H and O–H groups in total.